The molecule has 0 amide bonds. The molecule has 0 atom stereocenters. The standard InChI is InChI=1S/C18H20Cl2N4/c1-4-12(5-2)24-15(6-3)23-17-16(21-10-22-18(17)24)13-8-7-11(19)9-14(13)20/h7-10,12H,4-6H2,1-3H3. The number of imidazole rings is 1. The summed E-state index contributed by atoms with van der Waals surface area (Å²) in [5.74, 6) is 1.03. The Hall–Kier alpha value is -1.65. The number of hydrogen-bond donors (Lipinski definition) is 0. The van der Waals surface area contributed by atoms with E-state index in [0.29, 0.717) is 16.1 Å². The second-order valence-electron chi connectivity index (χ2n) is 5.74. The van der Waals surface area contributed by atoms with Gasteiger partial charge in [0.05, 0.1) is 5.02 Å². The number of benzene rings is 1. The van der Waals surface area contributed by atoms with E-state index in [0.717, 1.165) is 47.5 Å². The molecule has 3 rings (SSSR count). The molecule has 0 aliphatic heterocycles. The van der Waals surface area contributed by atoms with Gasteiger partial charge in [-0.25, -0.2) is 15.0 Å². The van der Waals surface area contributed by atoms with Crippen molar-refractivity contribution in [2.45, 2.75) is 46.1 Å². The minimum absolute atomic E-state index is 0.383. The summed E-state index contributed by atoms with van der Waals surface area (Å²) in [7, 11) is 0. The summed E-state index contributed by atoms with van der Waals surface area (Å²) in [6.45, 7) is 6.50. The highest BCUT2D eigenvalue weighted by Gasteiger charge is 2.21. The van der Waals surface area contributed by atoms with Crippen LogP contribution in [-0.2, 0) is 6.42 Å². The molecule has 0 fully saturated rings. The first-order chi connectivity index (χ1) is 11.6. The quantitative estimate of drug-likeness (QED) is 0.582. The van der Waals surface area contributed by atoms with Gasteiger partial charge in [0.1, 0.15) is 23.4 Å². The Kier molecular flexibility index (Phi) is 5.07. The van der Waals surface area contributed by atoms with Crippen LogP contribution in [-0.4, -0.2) is 19.5 Å². The predicted molar refractivity (Wildman–Crippen MR) is 99.8 cm³/mol. The molecule has 0 aliphatic carbocycles. The average Bonchev–Trinajstić information content (AvgIpc) is 2.95. The molecule has 0 spiro atoms. The fourth-order valence-electron chi connectivity index (χ4n) is 3.12. The van der Waals surface area contributed by atoms with Crippen LogP contribution in [0.2, 0.25) is 10.0 Å². The van der Waals surface area contributed by atoms with E-state index in [1.807, 2.05) is 12.1 Å². The van der Waals surface area contributed by atoms with Crippen molar-refractivity contribution < 1.29 is 0 Å². The molecule has 0 unspecified atom stereocenters. The molecule has 2 heterocycles. The van der Waals surface area contributed by atoms with Gasteiger partial charge >= 0.3 is 0 Å². The van der Waals surface area contributed by atoms with E-state index in [4.69, 9.17) is 28.2 Å². The molecular weight excluding hydrogens is 343 g/mol. The number of aromatic nitrogens is 4. The lowest BCUT2D eigenvalue weighted by molar-refractivity contribution is 0.465. The van der Waals surface area contributed by atoms with Gasteiger partial charge in [0.2, 0.25) is 0 Å². The Morgan fingerprint density at radius 3 is 2.46 bits per heavy atom. The summed E-state index contributed by atoms with van der Waals surface area (Å²) < 4.78 is 2.25. The minimum Gasteiger partial charge on any atom is -0.309 e. The Balaban J connectivity index is 2.28. The number of aryl methyl sites for hydroxylation is 1. The van der Waals surface area contributed by atoms with Crippen molar-refractivity contribution in [1.29, 1.82) is 0 Å². The first-order valence-corrected chi connectivity index (χ1v) is 9.03. The maximum absolute atomic E-state index is 6.38. The van der Waals surface area contributed by atoms with Gasteiger partial charge < -0.3 is 4.57 Å². The topological polar surface area (TPSA) is 43.6 Å². The average molecular weight is 363 g/mol. The highest BCUT2D eigenvalue weighted by Crippen LogP contribution is 2.34. The van der Waals surface area contributed by atoms with Crippen molar-refractivity contribution in [3.8, 4) is 11.3 Å². The Labute approximate surface area is 151 Å². The monoisotopic (exact) mass is 362 g/mol. The highest BCUT2D eigenvalue weighted by molar-refractivity contribution is 6.36. The summed E-state index contributed by atoms with van der Waals surface area (Å²) in [6, 6.07) is 5.81. The van der Waals surface area contributed by atoms with Gasteiger partial charge in [-0.05, 0) is 31.0 Å². The van der Waals surface area contributed by atoms with E-state index in [9.17, 15) is 0 Å². The van der Waals surface area contributed by atoms with Crippen LogP contribution in [0.4, 0.5) is 0 Å². The largest absolute Gasteiger partial charge is 0.309 e. The molecule has 0 radical (unpaired) electrons. The summed E-state index contributed by atoms with van der Waals surface area (Å²) in [4.78, 5) is 13.8. The number of rotatable bonds is 5. The van der Waals surface area contributed by atoms with E-state index in [1.165, 1.54) is 0 Å². The molecular formula is C18H20Cl2N4. The van der Waals surface area contributed by atoms with Gasteiger partial charge in [-0.3, -0.25) is 0 Å². The molecule has 1 aromatic carbocycles. The molecule has 0 saturated carbocycles. The van der Waals surface area contributed by atoms with Crippen LogP contribution in [0.25, 0.3) is 22.4 Å². The fraction of sp³-hybridized carbons (Fsp3) is 0.389. The highest BCUT2D eigenvalue weighted by atomic mass is 35.5. The summed E-state index contributed by atoms with van der Waals surface area (Å²) >= 11 is 12.4. The molecule has 126 valence electrons. The molecule has 24 heavy (non-hydrogen) atoms. The van der Waals surface area contributed by atoms with Crippen LogP contribution < -0.4 is 0 Å². The van der Waals surface area contributed by atoms with Gasteiger partial charge in [0.25, 0.3) is 0 Å². The minimum atomic E-state index is 0.383. The summed E-state index contributed by atoms with van der Waals surface area (Å²) in [5, 5.41) is 1.17. The van der Waals surface area contributed by atoms with E-state index < -0.39 is 0 Å². The number of hydrogen-bond acceptors (Lipinski definition) is 3. The van der Waals surface area contributed by atoms with E-state index in [2.05, 4.69) is 35.3 Å². The van der Waals surface area contributed by atoms with Crippen molar-refractivity contribution in [2.75, 3.05) is 0 Å². The Morgan fingerprint density at radius 1 is 1.08 bits per heavy atom. The first kappa shape index (κ1) is 17.2. The van der Waals surface area contributed by atoms with Crippen LogP contribution in [0.5, 0.6) is 0 Å². The van der Waals surface area contributed by atoms with E-state index in [-0.39, 0.29) is 0 Å². The molecule has 4 nitrogen and oxygen atoms in total. The van der Waals surface area contributed by atoms with Crippen molar-refractivity contribution >= 4 is 34.4 Å². The molecule has 2 aromatic heterocycles. The summed E-state index contributed by atoms with van der Waals surface area (Å²) in [5.41, 5.74) is 3.24. The van der Waals surface area contributed by atoms with E-state index in [1.54, 1.807) is 12.4 Å². The Morgan fingerprint density at radius 2 is 1.83 bits per heavy atom. The fourth-order valence-corrected chi connectivity index (χ4v) is 3.62. The molecule has 6 heteroatoms. The lowest BCUT2D eigenvalue weighted by Crippen LogP contribution is -2.11. The lowest BCUT2D eigenvalue weighted by atomic mass is 10.1. The van der Waals surface area contributed by atoms with Crippen LogP contribution in [0, 0.1) is 0 Å². The third-order valence-corrected chi connectivity index (χ3v) is 4.91. The Bertz CT molecular complexity index is 869. The predicted octanol–water partition coefficient (Wildman–Crippen LogP) is 5.72. The number of nitrogens with zero attached hydrogens (tertiary/aromatic N) is 4. The normalized spacial score (nSPS) is 11.6. The second kappa shape index (κ2) is 7.08. The van der Waals surface area contributed by atoms with Gasteiger partial charge in [-0.1, -0.05) is 44.0 Å². The van der Waals surface area contributed by atoms with Crippen molar-refractivity contribution in [3.05, 3.63) is 40.4 Å². The first-order valence-electron chi connectivity index (χ1n) is 8.27. The van der Waals surface area contributed by atoms with Gasteiger partial charge in [0, 0.05) is 23.0 Å². The SMILES string of the molecule is CCc1nc2c(-c3ccc(Cl)cc3Cl)ncnc2n1C(CC)CC. The van der Waals surface area contributed by atoms with Crippen LogP contribution >= 0.6 is 23.2 Å². The van der Waals surface area contributed by atoms with Crippen molar-refractivity contribution in [3.63, 3.8) is 0 Å². The third kappa shape index (κ3) is 2.89. The zero-order chi connectivity index (χ0) is 17.3. The zero-order valence-electron chi connectivity index (χ0n) is 14.1. The van der Waals surface area contributed by atoms with E-state index >= 15 is 0 Å². The number of halogens is 2. The van der Waals surface area contributed by atoms with Gasteiger partial charge in [-0.15, -0.1) is 0 Å². The van der Waals surface area contributed by atoms with Crippen LogP contribution in [0.1, 0.15) is 45.5 Å². The second-order valence-corrected chi connectivity index (χ2v) is 6.58. The lowest BCUT2D eigenvalue weighted by Gasteiger charge is -2.17. The molecule has 0 aliphatic rings. The molecule has 0 N–H and O–H groups in total. The van der Waals surface area contributed by atoms with Crippen molar-refractivity contribution in [2.24, 2.45) is 0 Å². The van der Waals surface area contributed by atoms with Gasteiger partial charge in [-0.2, -0.15) is 0 Å². The smallest absolute Gasteiger partial charge is 0.164 e. The number of fused-ring (bicyclic) bond motifs is 1. The third-order valence-electron chi connectivity index (χ3n) is 4.36. The summed E-state index contributed by atoms with van der Waals surface area (Å²) in [6.07, 6.45) is 4.51. The zero-order valence-corrected chi connectivity index (χ0v) is 15.6. The molecule has 0 bridgehead atoms. The molecule has 3 aromatic rings. The van der Waals surface area contributed by atoms with Crippen LogP contribution in [0.15, 0.2) is 24.5 Å². The van der Waals surface area contributed by atoms with Crippen LogP contribution in [0.3, 0.4) is 0 Å². The van der Waals surface area contributed by atoms with Gasteiger partial charge in [0.15, 0.2) is 5.65 Å². The molecule has 0 saturated heterocycles. The maximum atomic E-state index is 6.38. The maximum Gasteiger partial charge on any atom is 0.164 e. The van der Waals surface area contributed by atoms with Crippen molar-refractivity contribution in [1.82, 2.24) is 19.5 Å².